The fourth-order valence-electron chi connectivity index (χ4n) is 13.0. The van der Waals surface area contributed by atoms with Crippen molar-refractivity contribution >= 4 is 22.6 Å². The van der Waals surface area contributed by atoms with E-state index >= 15 is 0 Å². The Morgan fingerprint density at radius 3 is 1.33 bits per heavy atom. The Morgan fingerprint density at radius 2 is 0.763 bits per heavy atom. The average Bonchev–Trinajstić information content (AvgIpc) is 4.03. The zero-order valence-corrected chi connectivity index (χ0v) is 42.5. The normalized spacial score (nSPS) is 13.8. The molecule has 1 nitrogen and oxygen atoms in total. The highest BCUT2D eigenvalue weighted by Gasteiger charge is 2.49. The second kappa shape index (κ2) is 19.4. The first kappa shape index (κ1) is 46.2. The number of anilines is 3. The lowest BCUT2D eigenvalue weighted by Crippen LogP contribution is -2.29. The van der Waals surface area contributed by atoms with Gasteiger partial charge in [0.15, 0.2) is 0 Å². The highest BCUT2D eigenvalue weighted by atomic mass is 15.1. The van der Waals surface area contributed by atoms with E-state index in [1.54, 1.807) is 0 Å². The minimum Gasteiger partial charge on any atom is -0.309 e. The molecule has 0 unspecified atom stereocenters. The maximum Gasteiger partial charge on any atom is 0.0714 e. The van der Waals surface area contributed by atoms with Gasteiger partial charge in [-0.25, -0.2) is 0 Å². The standard InChI is InChI=1S/C75H55N/c1-3-4-45-66-53(2)72-68(74(66,56-33-15-7-16-34-56)57-35-17-8-18-36-57)47-28-49-70(72)76(71-48-27-44-62(55-31-13-6-14-32-55)73(71)65-43-24-23-41-61(65)54-29-11-5-12-30-54)60-50-51-64-63-42-25-26-46-67(63)75(69(64)52-60,58-37-19-9-20-38-58)59-39-21-10-22-40-59/h3-52H,1H2,2H3/b45-4-. The quantitative estimate of drug-likeness (QED) is 0.110. The molecule has 11 aromatic rings. The predicted molar refractivity (Wildman–Crippen MR) is 319 cm³/mol. The van der Waals surface area contributed by atoms with Gasteiger partial charge in [0.1, 0.15) is 0 Å². The van der Waals surface area contributed by atoms with E-state index in [-0.39, 0.29) is 0 Å². The average molecular weight is 970 g/mol. The van der Waals surface area contributed by atoms with Gasteiger partial charge >= 0.3 is 0 Å². The van der Waals surface area contributed by atoms with Crippen molar-refractivity contribution in [3.63, 3.8) is 0 Å². The van der Waals surface area contributed by atoms with Gasteiger partial charge in [-0.2, -0.15) is 0 Å². The van der Waals surface area contributed by atoms with Crippen LogP contribution in [0.3, 0.4) is 0 Å². The molecular formula is C75H55N. The van der Waals surface area contributed by atoms with E-state index in [1.165, 1.54) is 72.3 Å². The number of allylic oxidation sites excluding steroid dienone is 5. The zero-order chi connectivity index (χ0) is 51.1. The van der Waals surface area contributed by atoms with E-state index in [9.17, 15) is 0 Å². The third-order valence-electron chi connectivity index (χ3n) is 16.0. The lowest BCUT2D eigenvalue weighted by Gasteiger charge is -2.37. The monoisotopic (exact) mass is 969 g/mol. The fraction of sp³-hybridized carbons (Fsp3) is 0.0400. The minimum absolute atomic E-state index is 0.613. The summed E-state index contributed by atoms with van der Waals surface area (Å²) in [6, 6.07) is 105. The molecule has 0 saturated carbocycles. The Kier molecular flexibility index (Phi) is 11.8. The molecule has 0 radical (unpaired) electrons. The van der Waals surface area contributed by atoms with E-state index in [0.29, 0.717) is 0 Å². The summed E-state index contributed by atoms with van der Waals surface area (Å²) < 4.78 is 0. The summed E-state index contributed by atoms with van der Waals surface area (Å²) in [6.07, 6.45) is 6.31. The van der Waals surface area contributed by atoms with Crippen molar-refractivity contribution in [3.8, 4) is 44.5 Å². The van der Waals surface area contributed by atoms with Crippen molar-refractivity contribution in [3.05, 3.63) is 360 Å². The Hall–Kier alpha value is -9.56. The molecule has 11 aromatic carbocycles. The number of hydrogen-bond acceptors (Lipinski definition) is 1. The molecule has 360 valence electrons. The van der Waals surface area contributed by atoms with E-state index in [0.717, 1.165) is 44.9 Å². The first-order valence-electron chi connectivity index (χ1n) is 26.4. The molecule has 0 aromatic heterocycles. The summed E-state index contributed by atoms with van der Waals surface area (Å²) in [5, 5.41) is 0. The second-order valence-electron chi connectivity index (χ2n) is 19.9. The molecule has 13 rings (SSSR count). The topological polar surface area (TPSA) is 3.24 Å². The van der Waals surface area contributed by atoms with Gasteiger partial charge in [0.25, 0.3) is 0 Å². The van der Waals surface area contributed by atoms with Gasteiger partial charge in [0.05, 0.1) is 22.2 Å². The first-order valence-corrected chi connectivity index (χ1v) is 26.4. The molecule has 0 aliphatic heterocycles. The Bertz CT molecular complexity index is 3910. The highest BCUT2D eigenvalue weighted by molar-refractivity contribution is 6.04. The second-order valence-corrected chi connectivity index (χ2v) is 19.9. The summed E-state index contributed by atoms with van der Waals surface area (Å²) in [5.74, 6) is 0. The lowest BCUT2D eigenvalue weighted by molar-refractivity contribution is 0.761. The van der Waals surface area contributed by atoms with Gasteiger partial charge in [0, 0.05) is 16.8 Å². The fourth-order valence-corrected chi connectivity index (χ4v) is 13.0. The molecule has 2 aliphatic carbocycles. The van der Waals surface area contributed by atoms with Crippen LogP contribution < -0.4 is 4.90 Å². The van der Waals surface area contributed by atoms with Crippen molar-refractivity contribution in [1.82, 2.24) is 0 Å². The van der Waals surface area contributed by atoms with Crippen molar-refractivity contribution < 1.29 is 0 Å². The van der Waals surface area contributed by atoms with Gasteiger partial charge in [-0.3, -0.25) is 0 Å². The van der Waals surface area contributed by atoms with Gasteiger partial charge in [0.2, 0.25) is 0 Å². The van der Waals surface area contributed by atoms with Crippen LogP contribution in [-0.2, 0) is 10.8 Å². The van der Waals surface area contributed by atoms with Gasteiger partial charge in [-0.15, -0.1) is 0 Å². The molecule has 0 atom stereocenters. The molecule has 1 heteroatoms. The van der Waals surface area contributed by atoms with Crippen molar-refractivity contribution in [2.24, 2.45) is 0 Å². The molecule has 0 bridgehead atoms. The smallest absolute Gasteiger partial charge is 0.0714 e. The molecule has 0 saturated heterocycles. The lowest BCUT2D eigenvalue weighted by atomic mass is 9.66. The Morgan fingerprint density at radius 1 is 0.342 bits per heavy atom. The predicted octanol–water partition coefficient (Wildman–Crippen LogP) is 19.4. The van der Waals surface area contributed by atoms with Crippen molar-refractivity contribution in [2.75, 3.05) is 4.90 Å². The Labute approximate surface area is 447 Å². The van der Waals surface area contributed by atoms with Crippen LogP contribution >= 0.6 is 0 Å². The maximum absolute atomic E-state index is 4.20. The Balaban J connectivity index is 1.19. The summed E-state index contributed by atoms with van der Waals surface area (Å²) >= 11 is 0. The van der Waals surface area contributed by atoms with Crippen LogP contribution in [0.25, 0.3) is 50.1 Å². The largest absolute Gasteiger partial charge is 0.309 e. The molecule has 0 spiro atoms. The molecule has 0 N–H and O–H groups in total. The molecule has 76 heavy (non-hydrogen) atoms. The van der Waals surface area contributed by atoms with E-state index < -0.39 is 10.8 Å². The number of rotatable bonds is 12. The molecule has 2 aliphatic rings. The van der Waals surface area contributed by atoms with Crippen LogP contribution in [0.15, 0.2) is 315 Å². The summed E-state index contributed by atoms with van der Waals surface area (Å²) in [7, 11) is 0. The van der Waals surface area contributed by atoms with E-state index in [1.807, 2.05) is 6.08 Å². The zero-order valence-electron chi connectivity index (χ0n) is 42.5. The van der Waals surface area contributed by atoms with Crippen molar-refractivity contribution in [2.45, 2.75) is 17.8 Å². The summed E-state index contributed by atoms with van der Waals surface area (Å²) in [4.78, 5) is 2.59. The maximum atomic E-state index is 4.20. The third kappa shape index (κ3) is 7.23. The number of nitrogens with zero attached hydrogens (tertiary/aromatic N) is 1. The van der Waals surface area contributed by atoms with Crippen LogP contribution in [0.4, 0.5) is 17.1 Å². The van der Waals surface area contributed by atoms with E-state index in [4.69, 9.17) is 0 Å². The first-order chi connectivity index (χ1) is 37.6. The van der Waals surface area contributed by atoms with Gasteiger partial charge in [-0.1, -0.05) is 286 Å². The minimum atomic E-state index is -0.646. The third-order valence-corrected chi connectivity index (χ3v) is 16.0. The molecule has 0 heterocycles. The van der Waals surface area contributed by atoms with Crippen LogP contribution in [0, 0.1) is 0 Å². The van der Waals surface area contributed by atoms with Crippen molar-refractivity contribution in [1.29, 1.82) is 0 Å². The highest BCUT2D eigenvalue weighted by Crippen LogP contribution is 2.61. The molecule has 0 amide bonds. The van der Waals surface area contributed by atoms with Crippen LogP contribution in [0.5, 0.6) is 0 Å². The SMILES string of the molecule is C=C/C=C\C1=C(C)c2c(N(c3ccc4c(c3)C(c3ccccc3)(c3ccccc3)c3ccccc3-4)c3cccc(-c4ccccc4)c3-c3ccccc3-c3ccccc3)cccc2C1(c1ccccc1)c1ccccc1. The summed E-state index contributed by atoms with van der Waals surface area (Å²) in [6.45, 7) is 6.53. The molecular weight excluding hydrogens is 915 g/mol. The molecule has 0 fully saturated rings. The number of fused-ring (bicyclic) bond motifs is 4. The number of benzene rings is 11. The van der Waals surface area contributed by atoms with E-state index in [2.05, 4.69) is 316 Å². The van der Waals surface area contributed by atoms with Gasteiger partial charge < -0.3 is 4.90 Å². The van der Waals surface area contributed by atoms with Crippen LogP contribution in [0.2, 0.25) is 0 Å². The number of hydrogen-bond donors (Lipinski definition) is 0. The van der Waals surface area contributed by atoms with Crippen LogP contribution in [0.1, 0.15) is 51.4 Å². The van der Waals surface area contributed by atoms with Gasteiger partial charge in [-0.05, 0) is 120 Å². The summed E-state index contributed by atoms with van der Waals surface area (Å²) in [5.41, 5.74) is 23.7. The van der Waals surface area contributed by atoms with Crippen LogP contribution in [-0.4, -0.2) is 0 Å².